The van der Waals surface area contributed by atoms with E-state index in [1.807, 2.05) is 0 Å². The fraction of sp³-hybridized carbons (Fsp3) is 0.409. The number of benzene rings is 1. The van der Waals surface area contributed by atoms with Gasteiger partial charge in [-0.2, -0.15) is 0 Å². The van der Waals surface area contributed by atoms with Gasteiger partial charge in [-0.25, -0.2) is 24.5 Å². The highest BCUT2D eigenvalue weighted by atomic mass is 16.6. The van der Waals surface area contributed by atoms with Crippen molar-refractivity contribution in [3.63, 3.8) is 0 Å². The van der Waals surface area contributed by atoms with Crippen molar-refractivity contribution in [2.24, 2.45) is 0 Å². The van der Waals surface area contributed by atoms with Crippen molar-refractivity contribution in [1.82, 2.24) is 19.5 Å². The number of nitrogens with one attached hydrogen (secondary N) is 1. The number of aliphatic hydroxyl groups excluding tert-OH is 2. The van der Waals surface area contributed by atoms with Crippen LogP contribution in [-0.4, -0.2) is 89.3 Å². The second kappa shape index (κ2) is 10.3. The number of aliphatic hydroxyl groups is 3. The number of nitrogens with zero attached hydrogens (tertiary/aromatic N) is 5. The Morgan fingerprint density at radius 1 is 1.16 bits per heavy atom. The van der Waals surface area contributed by atoms with Gasteiger partial charge in [0.15, 0.2) is 17.0 Å². The molecule has 0 unspecified atom stereocenters. The van der Waals surface area contributed by atoms with Gasteiger partial charge >= 0.3 is 11.9 Å². The predicted octanol–water partition coefficient (Wildman–Crippen LogP) is -0.260. The third-order valence-electron chi connectivity index (χ3n) is 5.95. The van der Waals surface area contributed by atoms with Gasteiger partial charge in [-0.05, 0) is 26.0 Å². The number of rotatable bonds is 9. The number of esters is 2. The Bertz CT molecular complexity index is 1360. The summed E-state index contributed by atoms with van der Waals surface area (Å²) in [6.07, 6.45) is -1.61. The molecule has 16 heteroatoms. The number of non-ortho nitro benzene ring substituents is 1. The number of fused-ring (bicyclic) bond motifs is 1. The minimum absolute atomic E-state index is 0.0336. The molecule has 1 aliphatic rings. The summed E-state index contributed by atoms with van der Waals surface area (Å²) in [5.41, 5.74) is -5.72. The number of nitro benzene ring substituents is 1. The summed E-state index contributed by atoms with van der Waals surface area (Å²) >= 11 is 0. The molecule has 4 rings (SSSR count). The summed E-state index contributed by atoms with van der Waals surface area (Å²) < 4.78 is 16.7. The minimum atomic E-state index is -3.09. The highest BCUT2D eigenvalue weighted by molar-refractivity contribution is 5.94. The van der Waals surface area contributed by atoms with Crippen LogP contribution in [0.4, 0.5) is 17.2 Å². The van der Waals surface area contributed by atoms with Crippen LogP contribution in [0.5, 0.6) is 0 Å². The van der Waals surface area contributed by atoms with Crippen molar-refractivity contribution in [3.8, 4) is 0 Å². The van der Waals surface area contributed by atoms with Crippen molar-refractivity contribution in [1.29, 1.82) is 0 Å². The van der Waals surface area contributed by atoms with E-state index < -0.39 is 47.0 Å². The maximum Gasteiger partial charge on any atom is 0.364 e. The third-order valence-corrected chi connectivity index (χ3v) is 5.95. The summed E-state index contributed by atoms with van der Waals surface area (Å²) in [5, 5.41) is 46.2. The van der Waals surface area contributed by atoms with Gasteiger partial charge < -0.3 is 34.8 Å². The molecule has 2 aromatic heterocycles. The third kappa shape index (κ3) is 3.99. The van der Waals surface area contributed by atoms with Gasteiger partial charge in [-0.1, -0.05) is 0 Å². The Morgan fingerprint density at radius 2 is 1.82 bits per heavy atom. The summed E-state index contributed by atoms with van der Waals surface area (Å²) in [4.78, 5) is 49.3. The van der Waals surface area contributed by atoms with Crippen molar-refractivity contribution in [2.45, 2.75) is 37.4 Å². The molecule has 4 N–H and O–H groups in total. The van der Waals surface area contributed by atoms with E-state index in [0.717, 1.165) is 17.2 Å². The first-order valence-electron chi connectivity index (χ1n) is 11.4. The van der Waals surface area contributed by atoms with E-state index in [4.69, 9.17) is 14.2 Å². The van der Waals surface area contributed by atoms with E-state index in [2.05, 4.69) is 20.3 Å². The fourth-order valence-electron chi connectivity index (χ4n) is 4.21. The van der Waals surface area contributed by atoms with Crippen LogP contribution in [-0.2, 0) is 29.5 Å². The predicted molar refractivity (Wildman–Crippen MR) is 126 cm³/mol. The van der Waals surface area contributed by atoms with Crippen LogP contribution in [0.2, 0.25) is 0 Å². The average Bonchev–Trinajstić information content (AvgIpc) is 3.44. The second-order valence-corrected chi connectivity index (χ2v) is 8.07. The van der Waals surface area contributed by atoms with Gasteiger partial charge in [-0.15, -0.1) is 0 Å². The molecule has 1 saturated heterocycles. The summed E-state index contributed by atoms with van der Waals surface area (Å²) in [6.45, 7) is 1.64. The number of carbonyl (C=O) groups is 2. The smallest absolute Gasteiger partial charge is 0.364 e. The Balaban J connectivity index is 1.89. The van der Waals surface area contributed by atoms with Crippen LogP contribution >= 0.6 is 0 Å². The molecule has 0 bridgehead atoms. The molecule has 0 radical (unpaired) electrons. The van der Waals surface area contributed by atoms with Crippen LogP contribution in [0, 0.1) is 10.1 Å². The Kier molecular flexibility index (Phi) is 7.23. The first-order chi connectivity index (χ1) is 18.1. The zero-order valence-corrected chi connectivity index (χ0v) is 20.2. The van der Waals surface area contributed by atoms with Gasteiger partial charge in [0.05, 0.1) is 24.7 Å². The Hall–Kier alpha value is -4.25. The van der Waals surface area contributed by atoms with Crippen molar-refractivity contribution >= 4 is 40.3 Å². The molecule has 1 aliphatic heterocycles. The zero-order valence-electron chi connectivity index (χ0n) is 20.2. The largest absolute Gasteiger partial charge is 0.464 e. The molecule has 16 nitrogen and oxygen atoms in total. The van der Waals surface area contributed by atoms with E-state index >= 15 is 0 Å². The number of carbonyl (C=O) groups excluding carboxylic acids is 2. The van der Waals surface area contributed by atoms with E-state index in [0.29, 0.717) is 5.69 Å². The highest BCUT2D eigenvalue weighted by Gasteiger charge is 2.76. The van der Waals surface area contributed by atoms with Crippen molar-refractivity contribution < 1.29 is 44.0 Å². The van der Waals surface area contributed by atoms with Gasteiger partial charge in [0.2, 0.25) is 0 Å². The van der Waals surface area contributed by atoms with Crippen molar-refractivity contribution in [2.75, 3.05) is 25.1 Å². The van der Waals surface area contributed by atoms with Crippen LogP contribution in [0.3, 0.4) is 0 Å². The van der Waals surface area contributed by atoms with Gasteiger partial charge in [-0.3, -0.25) is 14.7 Å². The number of hydrogen-bond acceptors (Lipinski definition) is 14. The van der Waals surface area contributed by atoms with Crippen LogP contribution < -0.4 is 5.32 Å². The fourth-order valence-corrected chi connectivity index (χ4v) is 4.21. The molecule has 202 valence electrons. The topological polar surface area (TPSA) is 221 Å². The normalized spacial score (nSPS) is 24.8. The number of aromatic nitrogens is 4. The van der Waals surface area contributed by atoms with Gasteiger partial charge in [0.1, 0.15) is 24.9 Å². The lowest BCUT2D eigenvalue weighted by molar-refractivity contribution is -0.384. The molecular weight excluding hydrogens is 508 g/mol. The van der Waals surface area contributed by atoms with E-state index in [1.54, 1.807) is 0 Å². The standard InChI is InChI=1S/C22H24N6O10/c1-3-36-19(31)21(33)16(30)14(9-29)38-22(21,20(32)37-4-2)27-11-25-15-17(23-10-24-18(15)27)26-12-5-7-13(8-6-12)28(34)35/h5-8,10-11,14,16,29-30,33H,3-4,9H2,1-2H3,(H,23,24,26)/t14-,16-,21+,22-/m1/s1. The van der Waals surface area contributed by atoms with Crippen LogP contribution in [0.15, 0.2) is 36.9 Å². The Labute approximate surface area is 214 Å². The average molecular weight is 532 g/mol. The molecule has 0 aliphatic carbocycles. The summed E-state index contributed by atoms with van der Waals surface area (Å²) in [7, 11) is 0. The molecule has 3 heterocycles. The van der Waals surface area contributed by atoms with Crippen LogP contribution in [0.1, 0.15) is 13.8 Å². The monoisotopic (exact) mass is 532 g/mol. The maximum atomic E-state index is 13.4. The summed E-state index contributed by atoms with van der Waals surface area (Å²) in [5.74, 6) is -2.59. The Morgan fingerprint density at radius 3 is 2.42 bits per heavy atom. The lowest BCUT2D eigenvalue weighted by atomic mass is 9.85. The summed E-state index contributed by atoms with van der Waals surface area (Å²) in [6, 6.07) is 5.42. The maximum absolute atomic E-state index is 13.4. The molecular formula is C22H24N6O10. The van der Waals surface area contributed by atoms with E-state index in [1.165, 1.54) is 38.1 Å². The molecule has 38 heavy (non-hydrogen) atoms. The van der Waals surface area contributed by atoms with Crippen molar-refractivity contribution in [3.05, 3.63) is 47.0 Å². The molecule has 3 aromatic rings. The first kappa shape index (κ1) is 26.8. The van der Waals surface area contributed by atoms with E-state index in [9.17, 15) is 35.0 Å². The SMILES string of the molecule is CCOC(=O)[C@@]1(O)[C@H](O)[C@@H](CO)O[C@@]1(C(=O)OCC)n1cnc2c(Nc3ccc([N+](=O)[O-])cc3)ncnc21. The minimum Gasteiger partial charge on any atom is -0.464 e. The number of hydrogen-bond donors (Lipinski definition) is 4. The zero-order chi connectivity index (χ0) is 27.7. The van der Waals surface area contributed by atoms with E-state index in [-0.39, 0.29) is 35.9 Å². The number of anilines is 2. The lowest BCUT2D eigenvalue weighted by Gasteiger charge is -2.37. The molecule has 0 saturated carbocycles. The molecule has 4 atom stereocenters. The van der Waals surface area contributed by atoms with Gasteiger partial charge in [0, 0.05) is 17.8 Å². The number of ether oxygens (including phenoxy) is 3. The first-order valence-corrected chi connectivity index (χ1v) is 11.4. The number of imidazole rings is 1. The molecule has 1 aromatic carbocycles. The number of nitro groups is 1. The van der Waals surface area contributed by atoms with Gasteiger partial charge in [0.25, 0.3) is 17.0 Å². The lowest BCUT2D eigenvalue weighted by Crippen LogP contribution is -2.66. The molecule has 1 fully saturated rings. The second-order valence-electron chi connectivity index (χ2n) is 8.07. The quantitative estimate of drug-likeness (QED) is 0.158. The van der Waals surface area contributed by atoms with Crippen LogP contribution in [0.25, 0.3) is 11.2 Å². The molecule has 0 amide bonds. The highest BCUT2D eigenvalue weighted by Crippen LogP contribution is 2.47. The molecule has 0 spiro atoms.